The number of benzene rings is 1. The number of anilines is 1. The fraction of sp³-hybridized carbons (Fsp3) is 0.350. The number of hydrogen-bond acceptors (Lipinski definition) is 3. The van der Waals surface area contributed by atoms with E-state index in [0.717, 1.165) is 46.1 Å². The second-order valence-electron chi connectivity index (χ2n) is 6.93. The number of carbonyl (C=O) groups excluding carboxylic acids is 1. The van der Waals surface area contributed by atoms with Crippen LogP contribution in [0.1, 0.15) is 43.1 Å². The van der Waals surface area contributed by atoms with Gasteiger partial charge in [0.15, 0.2) is 5.65 Å². The van der Waals surface area contributed by atoms with Crippen LogP contribution in [0, 0.1) is 25.5 Å². The Labute approximate surface area is 156 Å². The highest BCUT2D eigenvalue weighted by molar-refractivity contribution is 5.91. The van der Waals surface area contributed by atoms with Crippen molar-refractivity contribution in [2.24, 2.45) is 0 Å². The SMILES string of the molecule is Cc1nc2c(cnn2C(C)C)c(C)c1CCC(=O)Nc1cc(F)cc(F)c1. The van der Waals surface area contributed by atoms with Crippen molar-refractivity contribution in [3.8, 4) is 0 Å². The Bertz CT molecular complexity index is 991. The Balaban J connectivity index is 1.77. The van der Waals surface area contributed by atoms with Crippen molar-refractivity contribution in [1.82, 2.24) is 14.8 Å². The van der Waals surface area contributed by atoms with Gasteiger partial charge in [0.2, 0.25) is 5.91 Å². The van der Waals surface area contributed by atoms with E-state index in [-0.39, 0.29) is 24.1 Å². The summed E-state index contributed by atoms with van der Waals surface area (Å²) in [6.45, 7) is 8.01. The molecule has 5 nitrogen and oxygen atoms in total. The van der Waals surface area contributed by atoms with Crippen LogP contribution in [-0.4, -0.2) is 20.7 Å². The lowest BCUT2D eigenvalue weighted by atomic mass is 10.0. The highest BCUT2D eigenvalue weighted by atomic mass is 19.1. The third kappa shape index (κ3) is 3.97. The number of rotatable bonds is 5. The van der Waals surface area contributed by atoms with Gasteiger partial charge in [-0.1, -0.05) is 0 Å². The molecule has 0 fully saturated rings. The molecule has 0 radical (unpaired) electrons. The van der Waals surface area contributed by atoms with Crippen LogP contribution in [0.3, 0.4) is 0 Å². The summed E-state index contributed by atoms with van der Waals surface area (Å²) < 4.78 is 28.3. The number of amides is 1. The summed E-state index contributed by atoms with van der Waals surface area (Å²) in [5, 5.41) is 7.91. The third-order valence-electron chi connectivity index (χ3n) is 4.57. The minimum absolute atomic E-state index is 0.109. The van der Waals surface area contributed by atoms with Crippen LogP contribution >= 0.6 is 0 Å². The zero-order chi connectivity index (χ0) is 19.7. The summed E-state index contributed by atoms with van der Waals surface area (Å²) in [4.78, 5) is 16.9. The van der Waals surface area contributed by atoms with Crippen LogP contribution in [0.5, 0.6) is 0 Å². The van der Waals surface area contributed by atoms with E-state index in [1.807, 2.05) is 32.4 Å². The van der Waals surface area contributed by atoms with E-state index in [0.29, 0.717) is 6.42 Å². The van der Waals surface area contributed by atoms with Crippen molar-refractivity contribution < 1.29 is 13.6 Å². The lowest BCUT2D eigenvalue weighted by Gasteiger charge is -2.13. The highest BCUT2D eigenvalue weighted by Crippen LogP contribution is 2.25. The number of aryl methyl sites for hydroxylation is 2. The summed E-state index contributed by atoms with van der Waals surface area (Å²) in [6, 6.07) is 3.15. The van der Waals surface area contributed by atoms with E-state index in [4.69, 9.17) is 0 Å². The maximum atomic E-state index is 13.2. The number of nitrogens with zero attached hydrogens (tertiary/aromatic N) is 3. The quantitative estimate of drug-likeness (QED) is 0.718. The molecule has 0 spiro atoms. The second-order valence-corrected chi connectivity index (χ2v) is 6.93. The molecule has 0 saturated heterocycles. The molecule has 1 aromatic carbocycles. The summed E-state index contributed by atoms with van der Waals surface area (Å²) in [5.74, 6) is -1.76. The first-order chi connectivity index (χ1) is 12.8. The predicted octanol–water partition coefficient (Wildman–Crippen LogP) is 4.48. The summed E-state index contributed by atoms with van der Waals surface area (Å²) in [6.07, 6.45) is 2.47. The lowest BCUT2D eigenvalue weighted by Crippen LogP contribution is -2.14. The summed E-state index contributed by atoms with van der Waals surface area (Å²) in [7, 11) is 0. The maximum Gasteiger partial charge on any atom is 0.224 e. The molecule has 142 valence electrons. The Morgan fingerprint density at radius 2 is 1.85 bits per heavy atom. The van der Waals surface area contributed by atoms with Crippen molar-refractivity contribution >= 4 is 22.6 Å². The number of pyridine rings is 1. The first-order valence-corrected chi connectivity index (χ1v) is 8.85. The molecule has 0 unspecified atom stereocenters. The number of fused-ring (bicyclic) bond motifs is 1. The summed E-state index contributed by atoms with van der Waals surface area (Å²) >= 11 is 0. The summed E-state index contributed by atoms with van der Waals surface area (Å²) in [5.41, 5.74) is 3.84. The van der Waals surface area contributed by atoms with Gasteiger partial charge >= 0.3 is 0 Å². The van der Waals surface area contributed by atoms with Gasteiger partial charge in [-0.2, -0.15) is 5.10 Å². The normalized spacial score (nSPS) is 11.4. The number of nitrogens with one attached hydrogen (secondary N) is 1. The average Bonchev–Trinajstić information content (AvgIpc) is 2.97. The molecule has 0 aliphatic carbocycles. The molecule has 2 aromatic heterocycles. The Morgan fingerprint density at radius 3 is 2.48 bits per heavy atom. The first kappa shape index (κ1) is 18.9. The van der Waals surface area contributed by atoms with Crippen LogP contribution in [0.2, 0.25) is 0 Å². The van der Waals surface area contributed by atoms with Gasteiger partial charge in [-0.3, -0.25) is 4.79 Å². The van der Waals surface area contributed by atoms with Gasteiger partial charge in [0.05, 0.1) is 6.20 Å². The molecular formula is C20H22F2N4O. The predicted molar refractivity (Wildman–Crippen MR) is 101 cm³/mol. The van der Waals surface area contributed by atoms with Crippen molar-refractivity contribution in [2.45, 2.75) is 46.6 Å². The van der Waals surface area contributed by atoms with Crippen molar-refractivity contribution in [1.29, 1.82) is 0 Å². The fourth-order valence-corrected chi connectivity index (χ4v) is 3.23. The van der Waals surface area contributed by atoms with Crippen molar-refractivity contribution in [3.63, 3.8) is 0 Å². The van der Waals surface area contributed by atoms with Crippen LogP contribution in [0.4, 0.5) is 14.5 Å². The van der Waals surface area contributed by atoms with Crippen molar-refractivity contribution in [2.75, 3.05) is 5.32 Å². The first-order valence-electron chi connectivity index (χ1n) is 8.85. The Morgan fingerprint density at radius 1 is 1.19 bits per heavy atom. The highest BCUT2D eigenvalue weighted by Gasteiger charge is 2.16. The topological polar surface area (TPSA) is 59.8 Å². The van der Waals surface area contributed by atoms with E-state index >= 15 is 0 Å². The monoisotopic (exact) mass is 372 g/mol. The second kappa shape index (κ2) is 7.42. The number of aromatic nitrogens is 3. The maximum absolute atomic E-state index is 13.2. The van der Waals surface area contributed by atoms with Gasteiger partial charge < -0.3 is 5.32 Å². The smallest absolute Gasteiger partial charge is 0.224 e. The molecule has 27 heavy (non-hydrogen) atoms. The van der Waals surface area contributed by atoms with Gasteiger partial charge in [-0.25, -0.2) is 18.4 Å². The van der Waals surface area contributed by atoms with Crippen molar-refractivity contribution in [3.05, 3.63) is 52.9 Å². The van der Waals surface area contributed by atoms with E-state index in [1.165, 1.54) is 0 Å². The van der Waals surface area contributed by atoms with Gasteiger partial charge in [0.25, 0.3) is 0 Å². The molecule has 3 aromatic rings. The van der Waals surface area contributed by atoms with Crippen LogP contribution in [0.15, 0.2) is 24.4 Å². The zero-order valence-electron chi connectivity index (χ0n) is 15.8. The number of halogens is 2. The molecule has 0 saturated carbocycles. The number of carbonyl (C=O) groups is 1. The minimum atomic E-state index is -0.728. The average molecular weight is 372 g/mol. The molecule has 0 bridgehead atoms. The zero-order valence-corrected chi connectivity index (χ0v) is 15.8. The largest absolute Gasteiger partial charge is 0.326 e. The number of hydrogen-bond donors (Lipinski definition) is 1. The van der Waals surface area contributed by atoms with E-state index in [2.05, 4.69) is 15.4 Å². The third-order valence-corrected chi connectivity index (χ3v) is 4.57. The molecule has 0 atom stereocenters. The molecule has 3 rings (SSSR count). The van der Waals surface area contributed by atoms with Gasteiger partial charge in [-0.05, 0) is 57.4 Å². The van der Waals surface area contributed by atoms with Gasteiger partial charge in [0, 0.05) is 35.3 Å². The molecule has 7 heteroatoms. The van der Waals surface area contributed by atoms with Crippen LogP contribution in [0.25, 0.3) is 11.0 Å². The molecule has 0 aliphatic heterocycles. The van der Waals surface area contributed by atoms with Gasteiger partial charge in [0.1, 0.15) is 11.6 Å². The van der Waals surface area contributed by atoms with Crippen LogP contribution < -0.4 is 5.32 Å². The van der Waals surface area contributed by atoms with E-state index in [9.17, 15) is 13.6 Å². The molecule has 1 N–H and O–H groups in total. The Kier molecular flexibility index (Phi) is 5.21. The molecule has 2 heterocycles. The standard InChI is InChI=1S/C20H22F2N4O/c1-11(2)26-20-18(10-23-26)12(3)17(13(4)24-20)5-6-19(27)25-16-8-14(21)7-15(22)9-16/h7-11H,5-6H2,1-4H3,(H,25,27). The molecule has 0 aliphatic rings. The lowest BCUT2D eigenvalue weighted by molar-refractivity contribution is -0.116. The Hall–Kier alpha value is -2.83. The fourth-order valence-electron chi connectivity index (χ4n) is 3.23. The van der Waals surface area contributed by atoms with Crippen LogP contribution in [-0.2, 0) is 11.2 Å². The van der Waals surface area contributed by atoms with Gasteiger partial charge in [-0.15, -0.1) is 0 Å². The molecule has 1 amide bonds. The molecular weight excluding hydrogens is 350 g/mol. The minimum Gasteiger partial charge on any atom is -0.326 e. The van der Waals surface area contributed by atoms with E-state index < -0.39 is 11.6 Å². The van der Waals surface area contributed by atoms with E-state index in [1.54, 1.807) is 6.20 Å².